The molecule has 0 unspecified atom stereocenters. The number of thioether (sulfide) groups is 1. The first kappa shape index (κ1) is 18.1. The molecule has 0 saturated heterocycles. The van der Waals surface area contributed by atoms with Crippen LogP contribution >= 0.6 is 23.4 Å². The standard InChI is InChI=1S/C20H17ClFN3OS/c21-14-3-9-17(10-4-14)25-12-11-23-20(25)27-18(19(26)24-16-7-8-16)13-1-5-15(22)6-2-13/h1-6,9-12,16,18H,7-8H2,(H,24,26)/t18-/m0/s1. The molecule has 1 atom stereocenters. The van der Waals surface area contributed by atoms with Gasteiger partial charge in [0.2, 0.25) is 5.91 Å². The Morgan fingerprint density at radius 2 is 1.89 bits per heavy atom. The zero-order chi connectivity index (χ0) is 18.8. The van der Waals surface area contributed by atoms with Crippen molar-refractivity contribution in [2.45, 2.75) is 29.3 Å². The van der Waals surface area contributed by atoms with Gasteiger partial charge >= 0.3 is 0 Å². The van der Waals surface area contributed by atoms with Crippen LogP contribution in [0.25, 0.3) is 5.69 Å². The van der Waals surface area contributed by atoms with Crippen molar-refractivity contribution in [1.82, 2.24) is 14.9 Å². The van der Waals surface area contributed by atoms with Crippen molar-refractivity contribution < 1.29 is 9.18 Å². The Labute approximate surface area is 165 Å². The van der Waals surface area contributed by atoms with Gasteiger partial charge in [0.05, 0.1) is 0 Å². The second-order valence-electron chi connectivity index (χ2n) is 6.39. The Morgan fingerprint density at radius 3 is 2.56 bits per heavy atom. The Morgan fingerprint density at radius 1 is 1.19 bits per heavy atom. The van der Waals surface area contributed by atoms with E-state index in [1.165, 1.54) is 23.9 Å². The second-order valence-corrected chi connectivity index (χ2v) is 7.90. The lowest BCUT2D eigenvalue weighted by molar-refractivity contribution is -0.120. The highest BCUT2D eigenvalue weighted by Crippen LogP contribution is 2.36. The number of nitrogens with zero attached hydrogens (tertiary/aromatic N) is 2. The Balaban J connectivity index is 1.63. The molecular formula is C20H17ClFN3OS. The number of amides is 1. The summed E-state index contributed by atoms with van der Waals surface area (Å²) in [6.45, 7) is 0. The first-order valence-electron chi connectivity index (χ1n) is 8.62. The molecule has 27 heavy (non-hydrogen) atoms. The largest absolute Gasteiger partial charge is 0.352 e. The van der Waals surface area contributed by atoms with Crippen LogP contribution in [0.4, 0.5) is 4.39 Å². The molecule has 0 radical (unpaired) electrons. The number of rotatable bonds is 6. The quantitative estimate of drug-likeness (QED) is 0.605. The van der Waals surface area contributed by atoms with Crippen molar-refractivity contribution in [1.29, 1.82) is 0 Å². The molecule has 0 bridgehead atoms. The molecule has 1 amide bonds. The van der Waals surface area contributed by atoms with E-state index in [2.05, 4.69) is 10.3 Å². The number of aromatic nitrogens is 2. The normalized spacial score (nSPS) is 14.7. The van der Waals surface area contributed by atoms with E-state index in [-0.39, 0.29) is 17.8 Å². The minimum atomic E-state index is -0.514. The average Bonchev–Trinajstić information content (AvgIpc) is 3.36. The molecule has 1 heterocycles. The van der Waals surface area contributed by atoms with E-state index in [0.717, 1.165) is 24.1 Å². The SMILES string of the molecule is O=C(NC1CC1)[C@@H](Sc1nccn1-c1ccc(Cl)cc1)c1ccc(F)cc1. The summed E-state index contributed by atoms with van der Waals surface area (Å²) < 4.78 is 15.2. The molecule has 3 aromatic rings. The Kier molecular flexibility index (Phi) is 5.18. The van der Waals surface area contributed by atoms with Crippen molar-refractivity contribution >= 4 is 29.3 Å². The summed E-state index contributed by atoms with van der Waals surface area (Å²) in [6, 6.07) is 13.7. The molecule has 138 valence electrons. The number of hydrogen-bond donors (Lipinski definition) is 1. The number of halogens is 2. The lowest BCUT2D eigenvalue weighted by Gasteiger charge is -2.17. The summed E-state index contributed by atoms with van der Waals surface area (Å²) in [4.78, 5) is 17.2. The first-order chi connectivity index (χ1) is 13.1. The molecule has 1 saturated carbocycles. The third kappa shape index (κ3) is 4.34. The lowest BCUT2D eigenvalue weighted by Crippen LogP contribution is -2.30. The molecule has 7 heteroatoms. The molecule has 4 nitrogen and oxygen atoms in total. The van der Waals surface area contributed by atoms with Crippen molar-refractivity contribution in [3.05, 3.63) is 77.3 Å². The van der Waals surface area contributed by atoms with E-state index in [9.17, 15) is 9.18 Å². The van der Waals surface area contributed by atoms with Gasteiger partial charge in [0.1, 0.15) is 11.1 Å². The molecule has 1 aliphatic carbocycles. The van der Waals surface area contributed by atoms with Gasteiger partial charge in [0, 0.05) is 29.1 Å². The van der Waals surface area contributed by atoms with Crippen LogP contribution in [-0.4, -0.2) is 21.5 Å². The third-order valence-electron chi connectivity index (χ3n) is 4.27. The third-order valence-corrected chi connectivity index (χ3v) is 5.76. The summed E-state index contributed by atoms with van der Waals surface area (Å²) in [6.07, 6.45) is 5.54. The molecular weight excluding hydrogens is 385 g/mol. The van der Waals surface area contributed by atoms with Gasteiger partial charge in [0.25, 0.3) is 0 Å². The smallest absolute Gasteiger partial charge is 0.238 e. The van der Waals surface area contributed by atoms with Crippen LogP contribution in [0.15, 0.2) is 66.1 Å². The van der Waals surface area contributed by atoms with E-state index in [1.807, 2.05) is 35.0 Å². The van der Waals surface area contributed by atoms with E-state index in [1.54, 1.807) is 18.3 Å². The zero-order valence-corrected chi connectivity index (χ0v) is 15.9. The summed E-state index contributed by atoms with van der Waals surface area (Å²) >= 11 is 7.31. The number of carbonyl (C=O) groups is 1. The maximum atomic E-state index is 13.3. The molecule has 0 aliphatic heterocycles. The van der Waals surface area contributed by atoms with Gasteiger partial charge in [-0.05, 0) is 54.8 Å². The first-order valence-corrected chi connectivity index (χ1v) is 9.88. The number of imidazole rings is 1. The molecule has 1 aliphatic rings. The zero-order valence-electron chi connectivity index (χ0n) is 14.3. The van der Waals surface area contributed by atoms with Crippen LogP contribution < -0.4 is 5.32 Å². The Hall–Kier alpha value is -2.31. The number of hydrogen-bond acceptors (Lipinski definition) is 3. The molecule has 1 fully saturated rings. The lowest BCUT2D eigenvalue weighted by atomic mass is 10.1. The fourth-order valence-corrected chi connectivity index (χ4v) is 3.90. The average molecular weight is 402 g/mol. The molecule has 1 aromatic heterocycles. The van der Waals surface area contributed by atoms with Crippen LogP contribution in [-0.2, 0) is 4.79 Å². The topological polar surface area (TPSA) is 46.9 Å². The van der Waals surface area contributed by atoms with Crippen LogP contribution in [0.2, 0.25) is 5.02 Å². The van der Waals surface area contributed by atoms with Gasteiger partial charge in [-0.3, -0.25) is 9.36 Å². The highest BCUT2D eigenvalue weighted by molar-refractivity contribution is 8.00. The molecule has 4 rings (SSSR count). The van der Waals surface area contributed by atoms with Gasteiger partial charge in [-0.25, -0.2) is 9.37 Å². The fourth-order valence-electron chi connectivity index (χ4n) is 2.70. The predicted molar refractivity (Wildman–Crippen MR) is 105 cm³/mol. The Bertz CT molecular complexity index is 939. The predicted octanol–water partition coefficient (Wildman–Crippen LogP) is 4.78. The monoisotopic (exact) mass is 401 g/mol. The minimum Gasteiger partial charge on any atom is -0.352 e. The van der Waals surface area contributed by atoms with Gasteiger partial charge in [-0.1, -0.05) is 35.5 Å². The highest BCUT2D eigenvalue weighted by atomic mass is 35.5. The van der Waals surface area contributed by atoms with E-state index < -0.39 is 5.25 Å². The maximum absolute atomic E-state index is 13.3. The summed E-state index contributed by atoms with van der Waals surface area (Å²) in [5, 5.41) is 3.86. The molecule has 2 aromatic carbocycles. The summed E-state index contributed by atoms with van der Waals surface area (Å²) in [5.41, 5.74) is 1.64. The van der Waals surface area contributed by atoms with Crippen molar-refractivity contribution in [2.75, 3.05) is 0 Å². The van der Waals surface area contributed by atoms with Crippen LogP contribution in [0.1, 0.15) is 23.7 Å². The van der Waals surface area contributed by atoms with Crippen molar-refractivity contribution in [2.24, 2.45) is 0 Å². The van der Waals surface area contributed by atoms with Gasteiger partial charge in [-0.2, -0.15) is 0 Å². The van der Waals surface area contributed by atoms with Crippen LogP contribution in [0.3, 0.4) is 0 Å². The number of carbonyl (C=O) groups excluding carboxylic acids is 1. The van der Waals surface area contributed by atoms with Gasteiger partial charge in [0.15, 0.2) is 5.16 Å². The molecule has 1 N–H and O–H groups in total. The fraction of sp³-hybridized carbons (Fsp3) is 0.200. The van der Waals surface area contributed by atoms with Crippen LogP contribution in [0, 0.1) is 5.82 Å². The summed E-state index contributed by atoms with van der Waals surface area (Å²) in [7, 11) is 0. The van der Waals surface area contributed by atoms with Crippen molar-refractivity contribution in [3.63, 3.8) is 0 Å². The van der Waals surface area contributed by atoms with E-state index >= 15 is 0 Å². The van der Waals surface area contributed by atoms with Crippen molar-refractivity contribution in [3.8, 4) is 5.69 Å². The number of benzene rings is 2. The van der Waals surface area contributed by atoms with E-state index in [4.69, 9.17) is 11.6 Å². The van der Waals surface area contributed by atoms with Gasteiger partial charge in [-0.15, -0.1) is 0 Å². The van der Waals surface area contributed by atoms with E-state index in [0.29, 0.717) is 10.2 Å². The van der Waals surface area contributed by atoms with Crippen LogP contribution in [0.5, 0.6) is 0 Å². The van der Waals surface area contributed by atoms with Gasteiger partial charge < -0.3 is 5.32 Å². The minimum absolute atomic E-state index is 0.0836. The molecule has 0 spiro atoms. The number of nitrogens with one attached hydrogen (secondary N) is 1. The second kappa shape index (κ2) is 7.74. The maximum Gasteiger partial charge on any atom is 0.238 e. The summed E-state index contributed by atoms with van der Waals surface area (Å²) in [5.74, 6) is -0.410. The highest BCUT2D eigenvalue weighted by Gasteiger charge is 2.30.